The molecule has 1 fully saturated rings. The van der Waals surface area contributed by atoms with Gasteiger partial charge in [0.25, 0.3) is 0 Å². The van der Waals surface area contributed by atoms with Gasteiger partial charge in [0.1, 0.15) is 6.07 Å². The summed E-state index contributed by atoms with van der Waals surface area (Å²) in [4.78, 5) is 21.9. The minimum Gasteiger partial charge on any atom is -0.466 e. The van der Waals surface area contributed by atoms with Crippen LogP contribution in [0.4, 0.5) is 5.82 Å². The smallest absolute Gasteiger partial charge is 0.310 e. The molecule has 1 aliphatic rings. The minimum absolute atomic E-state index is 0.151. The lowest BCUT2D eigenvalue weighted by atomic mass is 9.98. The molecule has 0 aromatic carbocycles. The molecule has 1 atom stereocenters. The lowest BCUT2D eigenvalue weighted by Gasteiger charge is -2.32. The summed E-state index contributed by atoms with van der Waals surface area (Å²) >= 11 is 0. The molecule has 0 unspecified atom stereocenters. The van der Waals surface area contributed by atoms with Crippen LogP contribution in [-0.4, -0.2) is 35.6 Å². The fourth-order valence-electron chi connectivity index (χ4n) is 2.26. The van der Waals surface area contributed by atoms with Crippen molar-refractivity contribution in [3.8, 4) is 6.07 Å². The molecule has 1 aromatic heterocycles. The van der Waals surface area contributed by atoms with Gasteiger partial charge in [0.2, 0.25) is 0 Å². The van der Waals surface area contributed by atoms with E-state index >= 15 is 0 Å². The zero-order chi connectivity index (χ0) is 13.7. The number of nitrogens with zero attached hydrogens (tertiary/aromatic N) is 4. The van der Waals surface area contributed by atoms with Gasteiger partial charge in [-0.05, 0) is 19.8 Å². The molecule has 100 valence electrons. The van der Waals surface area contributed by atoms with Crippen molar-refractivity contribution in [1.29, 1.82) is 5.26 Å². The Morgan fingerprint density at radius 1 is 1.58 bits per heavy atom. The summed E-state index contributed by atoms with van der Waals surface area (Å²) in [5.74, 6) is 0.232. The van der Waals surface area contributed by atoms with Crippen molar-refractivity contribution in [3.63, 3.8) is 0 Å². The van der Waals surface area contributed by atoms with Crippen molar-refractivity contribution in [2.24, 2.45) is 5.92 Å². The summed E-state index contributed by atoms with van der Waals surface area (Å²) in [7, 11) is 0. The normalized spacial score (nSPS) is 18.7. The lowest BCUT2D eigenvalue weighted by molar-refractivity contribution is -0.148. The third-order valence-corrected chi connectivity index (χ3v) is 3.13. The van der Waals surface area contributed by atoms with E-state index in [1.54, 1.807) is 13.1 Å². The van der Waals surface area contributed by atoms with E-state index in [-0.39, 0.29) is 11.9 Å². The maximum atomic E-state index is 11.8. The Kier molecular flexibility index (Phi) is 4.29. The Morgan fingerprint density at radius 2 is 2.37 bits per heavy atom. The zero-order valence-corrected chi connectivity index (χ0v) is 10.9. The van der Waals surface area contributed by atoms with Crippen LogP contribution < -0.4 is 4.90 Å². The molecule has 6 heteroatoms. The van der Waals surface area contributed by atoms with Crippen LogP contribution in [0, 0.1) is 17.2 Å². The van der Waals surface area contributed by atoms with Crippen molar-refractivity contribution >= 4 is 11.8 Å². The number of carbonyl (C=O) groups is 1. The lowest BCUT2D eigenvalue weighted by Crippen LogP contribution is -2.40. The zero-order valence-electron chi connectivity index (χ0n) is 10.9. The van der Waals surface area contributed by atoms with E-state index < -0.39 is 0 Å². The van der Waals surface area contributed by atoms with Crippen LogP contribution >= 0.6 is 0 Å². The molecule has 1 aliphatic heterocycles. The summed E-state index contributed by atoms with van der Waals surface area (Å²) in [6.07, 6.45) is 4.75. The fourth-order valence-corrected chi connectivity index (χ4v) is 2.26. The van der Waals surface area contributed by atoms with Crippen LogP contribution in [0.2, 0.25) is 0 Å². The molecule has 0 amide bonds. The van der Waals surface area contributed by atoms with Gasteiger partial charge in [0, 0.05) is 25.5 Å². The molecule has 2 heterocycles. The fraction of sp³-hybridized carbons (Fsp3) is 0.538. The van der Waals surface area contributed by atoms with Gasteiger partial charge in [-0.1, -0.05) is 0 Å². The first-order valence-electron chi connectivity index (χ1n) is 6.39. The number of nitriles is 1. The maximum Gasteiger partial charge on any atom is 0.310 e. The van der Waals surface area contributed by atoms with Crippen LogP contribution in [0.3, 0.4) is 0 Å². The van der Waals surface area contributed by atoms with Crippen molar-refractivity contribution in [2.45, 2.75) is 19.8 Å². The minimum atomic E-state index is -0.172. The van der Waals surface area contributed by atoms with Crippen LogP contribution in [0.15, 0.2) is 12.4 Å². The van der Waals surface area contributed by atoms with E-state index in [4.69, 9.17) is 10.00 Å². The molecule has 0 bridgehead atoms. The van der Waals surface area contributed by atoms with E-state index in [1.165, 1.54) is 6.20 Å². The number of hydrogen-bond acceptors (Lipinski definition) is 6. The van der Waals surface area contributed by atoms with E-state index in [1.807, 2.05) is 11.0 Å². The first-order valence-corrected chi connectivity index (χ1v) is 6.39. The summed E-state index contributed by atoms with van der Waals surface area (Å²) in [6.45, 7) is 3.51. The van der Waals surface area contributed by atoms with Crippen molar-refractivity contribution in [1.82, 2.24) is 9.97 Å². The summed E-state index contributed by atoms with van der Waals surface area (Å²) in [5.41, 5.74) is 0.298. The van der Waals surface area contributed by atoms with Crippen LogP contribution in [-0.2, 0) is 9.53 Å². The molecule has 0 aliphatic carbocycles. The van der Waals surface area contributed by atoms with Crippen LogP contribution in [0.1, 0.15) is 25.5 Å². The van der Waals surface area contributed by atoms with Gasteiger partial charge in [-0.2, -0.15) is 5.26 Å². The van der Waals surface area contributed by atoms with Gasteiger partial charge >= 0.3 is 5.97 Å². The Morgan fingerprint density at radius 3 is 3.11 bits per heavy atom. The van der Waals surface area contributed by atoms with Crippen molar-refractivity contribution in [3.05, 3.63) is 18.1 Å². The number of anilines is 1. The van der Waals surface area contributed by atoms with Gasteiger partial charge in [0.15, 0.2) is 11.5 Å². The van der Waals surface area contributed by atoms with E-state index in [0.717, 1.165) is 19.4 Å². The Hall–Kier alpha value is -2.16. The predicted octanol–water partition coefficient (Wildman–Crippen LogP) is 1.13. The Labute approximate surface area is 112 Å². The molecule has 6 nitrogen and oxygen atoms in total. The SMILES string of the molecule is CCOC(=O)[C@@H]1CCCN(c2nccnc2C#N)C1. The quantitative estimate of drug-likeness (QED) is 0.758. The monoisotopic (exact) mass is 260 g/mol. The summed E-state index contributed by atoms with van der Waals surface area (Å²) in [5, 5.41) is 9.04. The van der Waals surface area contributed by atoms with E-state index in [0.29, 0.717) is 24.7 Å². The average Bonchev–Trinajstić information content (AvgIpc) is 2.47. The Bertz CT molecular complexity index is 498. The van der Waals surface area contributed by atoms with Crippen molar-refractivity contribution < 1.29 is 9.53 Å². The largest absolute Gasteiger partial charge is 0.466 e. The first-order chi connectivity index (χ1) is 9.26. The molecule has 19 heavy (non-hydrogen) atoms. The highest BCUT2D eigenvalue weighted by Crippen LogP contribution is 2.23. The molecule has 0 radical (unpaired) electrons. The van der Waals surface area contributed by atoms with Crippen molar-refractivity contribution in [2.75, 3.05) is 24.6 Å². The number of carbonyl (C=O) groups excluding carboxylic acids is 1. The summed E-state index contributed by atoms with van der Waals surface area (Å²) in [6, 6.07) is 2.03. The summed E-state index contributed by atoms with van der Waals surface area (Å²) < 4.78 is 5.06. The second-order valence-electron chi connectivity index (χ2n) is 4.38. The van der Waals surface area contributed by atoms with Gasteiger partial charge in [0.05, 0.1) is 12.5 Å². The highest BCUT2D eigenvalue weighted by Gasteiger charge is 2.28. The average molecular weight is 260 g/mol. The van der Waals surface area contributed by atoms with Crippen LogP contribution in [0.5, 0.6) is 0 Å². The Balaban J connectivity index is 2.13. The predicted molar refractivity (Wildman–Crippen MR) is 68.3 cm³/mol. The highest BCUT2D eigenvalue weighted by atomic mass is 16.5. The molecular formula is C13H16N4O2. The third kappa shape index (κ3) is 2.99. The number of hydrogen-bond donors (Lipinski definition) is 0. The van der Waals surface area contributed by atoms with Gasteiger partial charge in [-0.15, -0.1) is 0 Å². The standard InChI is InChI=1S/C13H16N4O2/c1-2-19-13(18)10-4-3-7-17(9-10)12-11(8-14)15-5-6-16-12/h5-6,10H,2-4,7,9H2,1H3/t10-/m1/s1. The number of piperidine rings is 1. The number of esters is 1. The number of ether oxygens (including phenoxy) is 1. The van der Waals surface area contributed by atoms with Crippen LogP contribution in [0.25, 0.3) is 0 Å². The van der Waals surface area contributed by atoms with Gasteiger partial charge in [-0.25, -0.2) is 9.97 Å². The molecule has 1 aromatic rings. The molecule has 2 rings (SSSR count). The number of rotatable bonds is 3. The molecule has 0 spiro atoms. The molecule has 1 saturated heterocycles. The second-order valence-corrected chi connectivity index (χ2v) is 4.38. The maximum absolute atomic E-state index is 11.8. The molecule has 0 N–H and O–H groups in total. The topological polar surface area (TPSA) is 79.1 Å². The first kappa shape index (κ1) is 13.3. The van der Waals surface area contributed by atoms with E-state index in [9.17, 15) is 4.79 Å². The van der Waals surface area contributed by atoms with Gasteiger partial charge < -0.3 is 9.64 Å². The molecular weight excluding hydrogens is 244 g/mol. The number of aromatic nitrogens is 2. The van der Waals surface area contributed by atoms with Gasteiger partial charge in [-0.3, -0.25) is 4.79 Å². The third-order valence-electron chi connectivity index (χ3n) is 3.13. The molecule has 0 saturated carbocycles. The second kappa shape index (κ2) is 6.14. The van der Waals surface area contributed by atoms with E-state index in [2.05, 4.69) is 9.97 Å². The highest BCUT2D eigenvalue weighted by molar-refractivity contribution is 5.73.